The van der Waals surface area contributed by atoms with Gasteiger partial charge in [0.05, 0.1) is 17.0 Å². The summed E-state index contributed by atoms with van der Waals surface area (Å²) >= 11 is 0. The van der Waals surface area contributed by atoms with Crippen molar-refractivity contribution in [1.82, 2.24) is 15.0 Å². The fourth-order valence-electron chi connectivity index (χ4n) is 2.18. The zero-order valence-electron chi connectivity index (χ0n) is 11.6. The summed E-state index contributed by atoms with van der Waals surface area (Å²) in [5.41, 5.74) is 1.39. The number of benzene rings is 1. The van der Waals surface area contributed by atoms with Crippen molar-refractivity contribution >= 4 is 16.9 Å². The van der Waals surface area contributed by atoms with E-state index in [-0.39, 0.29) is 5.56 Å². The van der Waals surface area contributed by atoms with Gasteiger partial charge in [-0.2, -0.15) is 5.26 Å². The van der Waals surface area contributed by atoms with Gasteiger partial charge in [0.2, 0.25) is 0 Å². The molecule has 0 amide bonds. The predicted molar refractivity (Wildman–Crippen MR) is 78.3 cm³/mol. The SMILES string of the molecule is CN(C)c1nc(-c2cc(F)cc(C#N)c2)nc2[nH]ccc12. The number of rotatable bonds is 2. The van der Waals surface area contributed by atoms with Crippen molar-refractivity contribution in [3.8, 4) is 17.5 Å². The van der Waals surface area contributed by atoms with Crippen molar-refractivity contribution in [1.29, 1.82) is 5.26 Å². The molecule has 5 nitrogen and oxygen atoms in total. The van der Waals surface area contributed by atoms with Gasteiger partial charge in [-0.05, 0) is 24.3 Å². The molecular formula is C15H12FN5. The van der Waals surface area contributed by atoms with Crippen LogP contribution in [0, 0.1) is 17.1 Å². The van der Waals surface area contributed by atoms with Crippen LogP contribution >= 0.6 is 0 Å². The molecule has 1 aromatic carbocycles. The third-order valence-electron chi connectivity index (χ3n) is 3.10. The van der Waals surface area contributed by atoms with Crippen molar-refractivity contribution in [3.05, 3.63) is 41.8 Å². The standard InChI is InChI=1S/C15H12FN5/c1-21(2)15-12-3-4-18-14(12)19-13(20-15)10-5-9(8-17)6-11(16)7-10/h3-7H,1-2H3,(H,18,19,20). The minimum absolute atomic E-state index is 0.242. The minimum Gasteiger partial charge on any atom is -0.362 e. The maximum Gasteiger partial charge on any atom is 0.164 e. The summed E-state index contributed by atoms with van der Waals surface area (Å²) < 4.78 is 13.6. The van der Waals surface area contributed by atoms with Crippen molar-refractivity contribution in [2.45, 2.75) is 0 Å². The number of hydrogen-bond acceptors (Lipinski definition) is 4. The summed E-state index contributed by atoms with van der Waals surface area (Å²) in [6.07, 6.45) is 1.78. The first-order valence-electron chi connectivity index (χ1n) is 6.32. The average molecular weight is 281 g/mol. The summed E-state index contributed by atoms with van der Waals surface area (Å²) in [5, 5.41) is 9.83. The molecule has 6 heteroatoms. The van der Waals surface area contributed by atoms with Crippen molar-refractivity contribution in [3.63, 3.8) is 0 Å². The fourth-order valence-corrected chi connectivity index (χ4v) is 2.18. The van der Waals surface area contributed by atoms with Crippen LogP contribution in [0.15, 0.2) is 30.5 Å². The number of hydrogen-bond donors (Lipinski definition) is 1. The van der Waals surface area contributed by atoms with E-state index in [0.717, 1.165) is 11.2 Å². The fraction of sp³-hybridized carbons (Fsp3) is 0.133. The van der Waals surface area contributed by atoms with Crippen molar-refractivity contribution in [2.24, 2.45) is 0 Å². The Hall–Kier alpha value is -2.94. The lowest BCUT2D eigenvalue weighted by Gasteiger charge is -2.13. The molecule has 0 saturated carbocycles. The molecule has 0 saturated heterocycles. The highest BCUT2D eigenvalue weighted by Gasteiger charge is 2.13. The van der Waals surface area contributed by atoms with Crippen LogP contribution in [0.5, 0.6) is 0 Å². The number of halogens is 1. The van der Waals surface area contributed by atoms with Gasteiger partial charge in [-0.1, -0.05) is 0 Å². The second-order valence-corrected chi connectivity index (χ2v) is 4.85. The number of H-pyrrole nitrogens is 1. The van der Waals surface area contributed by atoms with E-state index in [4.69, 9.17) is 5.26 Å². The maximum absolute atomic E-state index is 13.6. The van der Waals surface area contributed by atoms with E-state index in [0.29, 0.717) is 17.0 Å². The smallest absolute Gasteiger partial charge is 0.164 e. The Morgan fingerprint density at radius 3 is 2.76 bits per heavy atom. The predicted octanol–water partition coefficient (Wildman–Crippen LogP) is 2.70. The van der Waals surface area contributed by atoms with Gasteiger partial charge in [0, 0.05) is 25.9 Å². The zero-order chi connectivity index (χ0) is 15.0. The van der Waals surface area contributed by atoms with Crippen LogP contribution in [0.3, 0.4) is 0 Å². The number of nitrogens with zero attached hydrogens (tertiary/aromatic N) is 4. The van der Waals surface area contributed by atoms with Crippen LogP contribution in [0.1, 0.15) is 5.56 Å². The largest absolute Gasteiger partial charge is 0.362 e. The number of nitriles is 1. The molecule has 0 aliphatic rings. The molecule has 21 heavy (non-hydrogen) atoms. The Kier molecular flexibility index (Phi) is 3.03. The molecular weight excluding hydrogens is 269 g/mol. The van der Waals surface area contributed by atoms with E-state index in [1.54, 1.807) is 12.3 Å². The van der Waals surface area contributed by atoms with Crippen LogP contribution in [-0.4, -0.2) is 29.0 Å². The summed E-state index contributed by atoms with van der Waals surface area (Å²) in [5.74, 6) is 0.634. The Balaban J connectivity index is 2.25. The number of aromatic amines is 1. The molecule has 2 heterocycles. The lowest BCUT2D eigenvalue weighted by atomic mass is 10.1. The van der Waals surface area contributed by atoms with E-state index < -0.39 is 5.82 Å². The Morgan fingerprint density at radius 1 is 1.24 bits per heavy atom. The van der Waals surface area contributed by atoms with Crippen LogP contribution in [0.2, 0.25) is 0 Å². The van der Waals surface area contributed by atoms with Crippen LogP contribution in [0.25, 0.3) is 22.4 Å². The molecule has 3 rings (SSSR count). The molecule has 0 atom stereocenters. The Labute approximate surface area is 120 Å². The van der Waals surface area contributed by atoms with Gasteiger partial charge in [0.25, 0.3) is 0 Å². The topological polar surface area (TPSA) is 68.6 Å². The molecule has 0 fully saturated rings. The normalized spacial score (nSPS) is 10.6. The molecule has 0 spiro atoms. The van der Waals surface area contributed by atoms with Gasteiger partial charge in [-0.15, -0.1) is 0 Å². The lowest BCUT2D eigenvalue weighted by Crippen LogP contribution is -2.12. The van der Waals surface area contributed by atoms with Crippen molar-refractivity contribution < 1.29 is 4.39 Å². The highest BCUT2D eigenvalue weighted by molar-refractivity contribution is 5.89. The van der Waals surface area contributed by atoms with E-state index in [1.165, 1.54) is 12.1 Å². The van der Waals surface area contributed by atoms with E-state index in [2.05, 4.69) is 15.0 Å². The monoisotopic (exact) mass is 281 g/mol. The summed E-state index contributed by atoms with van der Waals surface area (Å²) in [6, 6.07) is 7.91. The lowest BCUT2D eigenvalue weighted by molar-refractivity contribution is 0.627. The maximum atomic E-state index is 13.6. The summed E-state index contributed by atoms with van der Waals surface area (Å²) in [7, 11) is 3.76. The quantitative estimate of drug-likeness (QED) is 0.784. The molecule has 0 unspecified atom stereocenters. The molecule has 104 valence electrons. The third-order valence-corrected chi connectivity index (χ3v) is 3.10. The van der Waals surface area contributed by atoms with Crippen LogP contribution in [0.4, 0.5) is 10.2 Å². The molecule has 0 radical (unpaired) electrons. The summed E-state index contributed by atoms with van der Waals surface area (Å²) in [6.45, 7) is 0. The highest BCUT2D eigenvalue weighted by atomic mass is 19.1. The van der Waals surface area contributed by atoms with Gasteiger partial charge >= 0.3 is 0 Å². The van der Waals surface area contributed by atoms with Crippen molar-refractivity contribution in [2.75, 3.05) is 19.0 Å². The minimum atomic E-state index is -0.481. The molecule has 1 N–H and O–H groups in total. The molecule has 0 aliphatic heterocycles. The molecule has 3 aromatic rings. The van der Waals surface area contributed by atoms with Crippen LogP contribution in [-0.2, 0) is 0 Å². The van der Waals surface area contributed by atoms with Gasteiger partial charge < -0.3 is 9.88 Å². The Morgan fingerprint density at radius 2 is 2.05 bits per heavy atom. The number of nitrogens with one attached hydrogen (secondary N) is 1. The van der Waals surface area contributed by atoms with Gasteiger partial charge in [0.1, 0.15) is 17.3 Å². The van der Waals surface area contributed by atoms with E-state index in [9.17, 15) is 4.39 Å². The second-order valence-electron chi connectivity index (χ2n) is 4.85. The average Bonchev–Trinajstić information content (AvgIpc) is 2.93. The van der Waals surface area contributed by atoms with E-state index >= 15 is 0 Å². The van der Waals surface area contributed by atoms with E-state index in [1.807, 2.05) is 31.1 Å². The number of anilines is 1. The number of fused-ring (bicyclic) bond motifs is 1. The molecule has 2 aromatic heterocycles. The number of aromatic nitrogens is 3. The Bertz CT molecular complexity index is 860. The van der Waals surface area contributed by atoms with Crippen LogP contribution < -0.4 is 4.90 Å². The first kappa shape index (κ1) is 13.1. The summed E-state index contributed by atoms with van der Waals surface area (Å²) in [4.78, 5) is 13.8. The van der Waals surface area contributed by atoms with Gasteiger partial charge in [-0.3, -0.25) is 0 Å². The molecule has 0 aliphatic carbocycles. The highest BCUT2D eigenvalue weighted by Crippen LogP contribution is 2.26. The molecule has 0 bridgehead atoms. The van der Waals surface area contributed by atoms with Gasteiger partial charge in [0.15, 0.2) is 5.82 Å². The van der Waals surface area contributed by atoms with Gasteiger partial charge in [-0.25, -0.2) is 14.4 Å². The first-order valence-corrected chi connectivity index (χ1v) is 6.32. The first-order chi connectivity index (χ1) is 10.1. The second kappa shape index (κ2) is 4.87. The zero-order valence-corrected chi connectivity index (χ0v) is 11.6. The third kappa shape index (κ3) is 2.30.